The number of anilines is 1. The van der Waals surface area contributed by atoms with E-state index in [0.29, 0.717) is 16.8 Å². The number of amides is 2. The van der Waals surface area contributed by atoms with Crippen molar-refractivity contribution >= 4 is 35.4 Å². The van der Waals surface area contributed by atoms with Crippen LogP contribution in [0.2, 0.25) is 0 Å². The van der Waals surface area contributed by atoms with Crippen molar-refractivity contribution in [3.63, 3.8) is 0 Å². The molecule has 0 saturated heterocycles. The molecule has 5 nitrogen and oxygen atoms in total. The largest absolute Gasteiger partial charge is 0.321 e. The zero-order chi connectivity index (χ0) is 25.2. The van der Waals surface area contributed by atoms with Gasteiger partial charge in [-0.25, -0.2) is 0 Å². The Bertz CT molecular complexity index is 1390. The van der Waals surface area contributed by atoms with Crippen LogP contribution in [0.4, 0.5) is 5.69 Å². The molecule has 36 heavy (non-hydrogen) atoms. The molecule has 5 heteroatoms. The molecule has 0 aliphatic rings. The van der Waals surface area contributed by atoms with Crippen LogP contribution in [0.3, 0.4) is 0 Å². The Morgan fingerprint density at radius 2 is 1.14 bits per heavy atom. The van der Waals surface area contributed by atoms with Crippen LogP contribution >= 0.6 is 0 Å². The average Bonchev–Trinajstić information content (AvgIpc) is 2.93. The van der Waals surface area contributed by atoms with E-state index in [2.05, 4.69) is 10.6 Å². The van der Waals surface area contributed by atoms with E-state index in [1.807, 2.05) is 66.7 Å². The molecule has 0 heterocycles. The van der Waals surface area contributed by atoms with Gasteiger partial charge in [-0.3, -0.25) is 14.4 Å². The predicted octanol–water partition coefficient (Wildman–Crippen LogP) is 5.99. The second kappa shape index (κ2) is 11.9. The molecule has 176 valence electrons. The van der Waals surface area contributed by atoms with Gasteiger partial charge in [0.2, 0.25) is 0 Å². The summed E-state index contributed by atoms with van der Waals surface area (Å²) in [6.07, 6.45) is 4.89. The van der Waals surface area contributed by atoms with E-state index in [4.69, 9.17) is 0 Å². The first-order chi connectivity index (χ1) is 17.6. The minimum atomic E-state index is -0.480. The lowest BCUT2D eigenvalue weighted by Gasteiger charge is -2.12. The summed E-state index contributed by atoms with van der Waals surface area (Å²) in [6, 6.07) is 34.1. The molecule has 0 spiro atoms. The van der Waals surface area contributed by atoms with Crippen LogP contribution in [0, 0.1) is 0 Å². The number of ketones is 1. The Morgan fingerprint density at radius 1 is 0.583 bits per heavy atom. The monoisotopic (exact) mass is 472 g/mol. The Balaban J connectivity index is 1.48. The molecule has 4 rings (SSSR count). The third-order valence-electron chi connectivity index (χ3n) is 5.29. The number of allylic oxidation sites excluding steroid dienone is 1. The van der Waals surface area contributed by atoms with E-state index in [-0.39, 0.29) is 17.4 Å². The predicted molar refractivity (Wildman–Crippen MR) is 143 cm³/mol. The van der Waals surface area contributed by atoms with E-state index in [1.54, 1.807) is 60.7 Å². The number of nitrogens with one attached hydrogen (secondary N) is 2. The van der Waals surface area contributed by atoms with Gasteiger partial charge in [0.25, 0.3) is 11.8 Å². The highest BCUT2D eigenvalue weighted by Gasteiger charge is 2.15. The van der Waals surface area contributed by atoms with E-state index in [1.165, 1.54) is 6.08 Å². The van der Waals surface area contributed by atoms with Crippen molar-refractivity contribution in [1.82, 2.24) is 5.32 Å². The fourth-order valence-electron chi connectivity index (χ4n) is 3.41. The lowest BCUT2D eigenvalue weighted by molar-refractivity contribution is -0.113. The fourth-order valence-corrected chi connectivity index (χ4v) is 3.41. The van der Waals surface area contributed by atoms with E-state index >= 15 is 0 Å². The quantitative estimate of drug-likeness (QED) is 0.244. The standard InChI is InChI=1S/C31H24N2O3/c34-29(21-16-23-10-4-1-5-11-23)25-17-19-27(20-18-25)32-31(36)28(22-24-12-6-2-7-13-24)33-30(35)26-14-8-3-9-15-26/h1-22H,(H,32,36)(H,33,35)/b21-16+,28-22-. The molecule has 0 atom stereocenters. The van der Waals surface area contributed by atoms with Crippen molar-refractivity contribution in [2.24, 2.45) is 0 Å². The average molecular weight is 473 g/mol. The highest BCUT2D eigenvalue weighted by Crippen LogP contribution is 2.14. The summed E-state index contributed by atoms with van der Waals surface area (Å²) in [5.41, 5.74) is 3.23. The Hall–Kier alpha value is -5.03. The molecule has 0 radical (unpaired) electrons. The second-order valence-electron chi connectivity index (χ2n) is 7.93. The van der Waals surface area contributed by atoms with E-state index < -0.39 is 5.91 Å². The lowest BCUT2D eigenvalue weighted by atomic mass is 10.1. The van der Waals surface area contributed by atoms with Crippen molar-refractivity contribution in [1.29, 1.82) is 0 Å². The minimum absolute atomic E-state index is 0.0981. The molecule has 0 fully saturated rings. The Labute approximate surface area is 209 Å². The van der Waals surface area contributed by atoms with Crippen LogP contribution in [0.25, 0.3) is 12.2 Å². The summed E-state index contributed by atoms with van der Waals surface area (Å²) in [5, 5.41) is 5.50. The molecule has 0 bridgehead atoms. The SMILES string of the molecule is O=C(Nc1ccc(C(=O)/C=C/c2ccccc2)cc1)/C(=C/c1ccccc1)NC(=O)c1ccccc1. The summed E-state index contributed by atoms with van der Waals surface area (Å²) in [6.45, 7) is 0. The summed E-state index contributed by atoms with van der Waals surface area (Å²) >= 11 is 0. The van der Waals surface area contributed by atoms with Gasteiger partial charge in [-0.2, -0.15) is 0 Å². The molecule has 4 aromatic rings. The van der Waals surface area contributed by atoms with Crippen molar-refractivity contribution in [2.75, 3.05) is 5.32 Å². The van der Waals surface area contributed by atoms with Crippen molar-refractivity contribution in [3.8, 4) is 0 Å². The van der Waals surface area contributed by atoms with Gasteiger partial charge in [-0.15, -0.1) is 0 Å². The first kappa shape index (κ1) is 24.1. The van der Waals surface area contributed by atoms with Gasteiger partial charge in [-0.1, -0.05) is 84.9 Å². The van der Waals surface area contributed by atoms with Crippen LogP contribution in [-0.4, -0.2) is 17.6 Å². The maximum atomic E-state index is 13.1. The van der Waals surface area contributed by atoms with Crippen LogP contribution in [-0.2, 0) is 4.79 Å². The highest BCUT2D eigenvalue weighted by molar-refractivity contribution is 6.11. The van der Waals surface area contributed by atoms with E-state index in [9.17, 15) is 14.4 Å². The van der Waals surface area contributed by atoms with Gasteiger partial charge < -0.3 is 10.6 Å². The number of benzene rings is 4. The third-order valence-corrected chi connectivity index (χ3v) is 5.29. The molecular formula is C31H24N2O3. The second-order valence-corrected chi connectivity index (χ2v) is 7.93. The molecule has 0 aliphatic carbocycles. The molecule has 0 aliphatic heterocycles. The fraction of sp³-hybridized carbons (Fsp3) is 0. The molecule has 4 aromatic carbocycles. The zero-order valence-corrected chi connectivity index (χ0v) is 19.4. The molecular weight excluding hydrogens is 448 g/mol. The smallest absolute Gasteiger partial charge is 0.272 e. The van der Waals surface area contributed by atoms with Crippen LogP contribution in [0.15, 0.2) is 127 Å². The topological polar surface area (TPSA) is 75.3 Å². The lowest BCUT2D eigenvalue weighted by Crippen LogP contribution is -2.30. The van der Waals surface area contributed by atoms with Crippen LogP contribution < -0.4 is 10.6 Å². The van der Waals surface area contributed by atoms with Gasteiger partial charge in [0, 0.05) is 16.8 Å². The van der Waals surface area contributed by atoms with Gasteiger partial charge in [0.1, 0.15) is 5.70 Å². The minimum Gasteiger partial charge on any atom is -0.321 e. The highest BCUT2D eigenvalue weighted by atomic mass is 16.2. The number of carbonyl (C=O) groups is 3. The van der Waals surface area contributed by atoms with Crippen LogP contribution in [0.1, 0.15) is 31.8 Å². The molecule has 0 saturated carbocycles. The van der Waals surface area contributed by atoms with Gasteiger partial charge >= 0.3 is 0 Å². The van der Waals surface area contributed by atoms with Crippen molar-refractivity contribution < 1.29 is 14.4 Å². The molecule has 2 amide bonds. The van der Waals surface area contributed by atoms with Crippen LogP contribution in [0.5, 0.6) is 0 Å². The number of hydrogen-bond donors (Lipinski definition) is 2. The summed E-state index contributed by atoms with van der Waals surface area (Å²) in [4.78, 5) is 38.3. The zero-order valence-electron chi connectivity index (χ0n) is 19.4. The first-order valence-corrected chi connectivity index (χ1v) is 11.4. The normalized spacial score (nSPS) is 11.2. The Kier molecular flexibility index (Phi) is 7.97. The van der Waals surface area contributed by atoms with Crippen molar-refractivity contribution in [3.05, 3.63) is 149 Å². The van der Waals surface area contributed by atoms with Gasteiger partial charge in [0.15, 0.2) is 5.78 Å². The third kappa shape index (κ3) is 6.74. The van der Waals surface area contributed by atoms with E-state index in [0.717, 1.165) is 11.1 Å². The maximum Gasteiger partial charge on any atom is 0.272 e. The first-order valence-electron chi connectivity index (χ1n) is 11.4. The molecule has 2 N–H and O–H groups in total. The Morgan fingerprint density at radius 3 is 1.75 bits per heavy atom. The maximum absolute atomic E-state index is 13.1. The van der Waals surface area contributed by atoms with Crippen molar-refractivity contribution in [2.45, 2.75) is 0 Å². The van der Waals surface area contributed by atoms with Gasteiger partial charge in [0.05, 0.1) is 0 Å². The number of rotatable bonds is 8. The molecule has 0 unspecified atom stereocenters. The summed E-state index contributed by atoms with van der Waals surface area (Å²) in [7, 11) is 0. The van der Waals surface area contributed by atoms with Gasteiger partial charge in [-0.05, 0) is 59.7 Å². The summed E-state index contributed by atoms with van der Waals surface area (Å²) < 4.78 is 0. The summed E-state index contributed by atoms with van der Waals surface area (Å²) in [5.74, 6) is -1.01. The number of carbonyl (C=O) groups excluding carboxylic acids is 3. The number of hydrogen-bond acceptors (Lipinski definition) is 3. The molecule has 0 aromatic heterocycles.